The lowest BCUT2D eigenvalue weighted by Gasteiger charge is -2.24. The number of nitrogens with one attached hydrogen (secondary N) is 2. The molecule has 0 aliphatic heterocycles. The van der Waals surface area contributed by atoms with Crippen LogP contribution >= 0.6 is 11.8 Å². The van der Waals surface area contributed by atoms with E-state index in [4.69, 9.17) is 0 Å². The zero-order chi connectivity index (χ0) is 30.7. The van der Waals surface area contributed by atoms with Crippen LogP contribution in [0, 0.1) is 0 Å². The Balaban J connectivity index is 1.37. The highest BCUT2D eigenvalue weighted by molar-refractivity contribution is 7.99. The first-order valence-corrected chi connectivity index (χ1v) is 15.0. The molecule has 5 rings (SSSR count). The fraction of sp³-hybridized carbons (Fsp3) is 0.0833. The van der Waals surface area contributed by atoms with Crippen molar-refractivity contribution < 1.29 is 19.5 Å². The zero-order valence-corrected chi connectivity index (χ0v) is 24.6. The third kappa shape index (κ3) is 7.93. The lowest BCUT2D eigenvalue weighted by molar-refractivity contribution is -0.137. The normalized spacial score (nSPS) is 11.3. The molecule has 44 heavy (non-hydrogen) atoms. The summed E-state index contributed by atoms with van der Waals surface area (Å²) in [6.45, 7) is 0.351. The first-order chi connectivity index (χ1) is 21.5. The van der Waals surface area contributed by atoms with E-state index in [0.717, 1.165) is 16.0 Å². The number of aliphatic carboxylic acids is 1. The summed E-state index contributed by atoms with van der Waals surface area (Å²) in [5.74, 6) is -1.26. The van der Waals surface area contributed by atoms with Crippen LogP contribution in [0.15, 0.2) is 144 Å². The highest BCUT2D eigenvalue weighted by Crippen LogP contribution is 2.41. The number of carboxylic acids is 1. The monoisotopic (exact) mass is 601 g/mol. The van der Waals surface area contributed by atoms with E-state index in [2.05, 4.69) is 10.6 Å². The van der Waals surface area contributed by atoms with Crippen LogP contribution in [-0.2, 0) is 11.3 Å². The maximum Gasteiger partial charge on any atom is 0.326 e. The van der Waals surface area contributed by atoms with Crippen molar-refractivity contribution in [3.63, 3.8) is 0 Å². The van der Waals surface area contributed by atoms with Gasteiger partial charge in [-0.25, -0.2) is 4.79 Å². The number of carbonyl (C=O) groups excluding carboxylic acids is 2. The SMILES string of the molecule is O=C(O)CC(Sc1ccccc1NC(=O)c1cccc(N(C(=O)NCc2ccccc2)c2ccccc2)c1)c1ccccc1. The second-order valence-corrected chi connectivity index (χ2v) is 11.2. The van der Waals surface area contributed by atoms with E-state index in [1.165, 1.54) is 11.8 Å². The standard InChI is InChI=1S/C36H31N3O4S/c40-34(41)24-33(27-15-6-2-7-16-27)44-32-22-11-10-21-31(32)38-35(42)28-17-12-20-30(23-28)39(29-18-8-3-9-19-29)36(43)37-25-26-13-4-1-5-14-26/h1-23,33H,24-25H2,(H,37,43)(H,38,42)(H,40,41). The minimum absolute atomic E-state index is 0.0688. The van der Waals surface area contributed by atoms with Crippen LogP contribution in [0.5, 0.6) is 0 Å². The summed E-state index contributed by atoms with van der Waals surface area (Å²) in [7, 11) is 0. The lowest BCUT2D eigenvalue weighted by Crippen LogP contribution is -2.36. The first kappa shape index (κ1) is 30.1. The predicted molar refractivity (Wildman–Crippen MR) is 175 cm³/mol. The number of nitrogens with zero attached hydrogens (tertiary/aromatic N) is 1. The Morgan fingerprint density at radius 1 is 0.705 bits per heavy atom. The van der Waals surface area contributed by atoms with Gasteiger partial charge in [-0.05, 0) is 53.6 Å². The van der Waals surface area contributed by atoms with Crippen molar-refractivity contribution >= 4 is 46.7 Å². The smallest absolute Gasteiger partial charge is 0.326 e. The second kappa shape index (κ2) is 14.7. The van der Waals surface area contributed by atoms with Gasteiger partial charge in [-0.15, -0.1) is 11.8 Å². The Hall–Kier alpha value is -5.34. The number of urea groups is 1. The Morgan fingerprint density at radius 2 is 1.32 bits per heavy atom. The Bertz CT molecular complexity index is 1720. The van der Waals surface area contributed by atoms with E-state index < -0.39 is 5.97 Å². The summed E-state index contributed by atoms with van der Waals surface area (Å²) in [5.41, 5.74) is 3.98. The number of carboxylic acid groups (broad SMARTS) is 1. The van der Waals surface area contributed by atoms with Crippen molar-refractivity contribution in [2.24, 2.45) is 0 Å². The molecule has 0 saturated heterocycles. The van der Waals surface area contributed by atoms with Crippen molar-refractivity contribution in [3.05, 3.63) is 156 Å². The summed E-state index contributed by atoms with van der Waals surface area (Å²) in [5, 5.41) is 15.2. The van der Waals surface area contributed by atoms with Gasteiger partial charge in [0, 0.05) is 22.3 Å². The number of para-hydroxylation sites is 2. The van der Waals surface area contributed by atoms with Crippen LogP contribution in [0.4, 0.5) is 21.9 Å². The summed E-state index contributed by atoms with van der Waals surface area (Å²) in [4.78, 5) is 41.0. The van der Waals surface area contributed by atoms with Gasteiger partial charge in [-0.1, -0.05) is 97.1 Å². The molecule has 0 aromatic heterocycles. The highest BCUT2D eigenvalue weighted by Gasteiger charge is 2.21. The van der Waals surface area contributed by atoms with Gasteiger partial charge in [0.2, 0.25) is 0 Å². The molecule has 0 bridgehead atoms. The number of amides is 3. The Kier molecular flexibility index (Phi) is 10.1. The third-order valence-electron chi connectivity index (χ3n) is 6.81. The lowest BCUT2D eigenvalue weighted by atomic mass is 10.1. The van der Waals surface area contributed by atoms with Gasteiger partial charge in [0.25, 0.3) is 5.91 Å². The molecular formula is C36H31N3O4S. The molecular weight excluding hydrogens is 570 g/mol. The van der Waals surface area contributed by atoms with E-state index in [-0.39, 0.29) is 23.6 Å². The molecule has 0 fully saturated rings. The summed E-state index contributed by atoms with van der Waals surface area (Å²) in [6, 6.07) is 42.3. The first-order valence-electron chi connectivity index (χ1n) is 14.1. The molecule has 8 heteroatoms. The quantitative estimate of drug-likeness (QED) is 0.132. The van der Waals surface area contributed by atoms with Crippen LogP contribution in [0.2, 0.25) is 0 Å². The number of hydrogen-bond acceptors (Lipinski definition) is 4. The van der Waals surface area contributed by atoms with Gasteiger partial charge in [0.15, 0.2) is 0 Å². The number of carbonyl (C=O) groups is 3. The van der Waals surface area contributed by atoms with E-state index in [0.29, 0.717) is 29.2 Å². The van der Waals surface area contributed by atoms with Crippen molar-refractivity contribution in [1.82, 2.24) is 5.32 Å². The molecule has 3 amide bonds. The minimum Gasteiger partial charge on any atom is -0.481 e. The van der Waals surface area contributed by atoms with Gasteiger partial charge in [-0.2, -0.15) is 0 Å². The molecule has 0 spiro atoms. The molecule has 0 aliphatic carbocycles. The van der Waals surface area contributed by atoms with E-state index >= 15 is 0 Å². The van der Waals surface area contributed by atoms with Crippen molar-refractivity contribution in [2.75, 3.05) is 10.2 Å². The average Bonchev–Trinajstić information content (AvgIpc) is 3.06. The van der Waals surface area contributed by atoms with Gasteiger partial charge < -0.3 is 15.7 Å². The van der Waals surface area contributed by atoms with Gasteiger partial charge in [0.05, 0.1) is 23.5 Å². The molecule has 1 atom stereocenters. The third-order valence-corrected chi connectivity index (χ3v) is 8.14. The van der Waals surface area contributed by atoms with Gasteiger partial charge in [-0.3, -0.25) is 14.5 Å². The molecule has 0 heterocycles. The summed E-state index contributed by atoms with van der Waals surface area (Å²) < 4.78 is 0. The molecule has 220 valence electrons. The molecule has 1 unspecified atom stereocenters. The fourth-order valence-electron chi connectivity index (χ4n) is 4.67. The number of anilines is 3. The van der Waals surface area contributed by atoms with Crippen molar-refractivity contribution in [2.45, 2.75) is 23.1 Å². The van der Waals surface area contributed by atoms with Gasteiger partial charge in [0.1, 0.15) is 0 Å². The summed E-state index contributed by atoms with van der Waals surface area (Å²) >= 11 is 1.39. The minimum atomic E-state index is -0.902. The van der Waals surface area contributed by atoms with Crippen LogP contribution in [-0.4, -0.2) is 23.0 Å². The fourth-order valence-corrected chi connectivity index (χ4v) is 5.90. The van der Waals surface area contributed by atoms with Crippen molar-refractivity contribution in [1.29, 1.82) is 0 Å². The maximum atomic E-state index is 13.6. The maximum absolute atomic E-state index is 13.6. The van der Waals surface area contributed by atoms with Crippen LogP contribution in [0.1, 0.15) is 33.2 Å². The number of hydrogen-bond donors (Lipinski definition) is 3. The molecule has 5 aromatic rings. The van der Waals surface area contributed by atoms with E-state index in [9.17, 15) is 19.5 Å². The number of rotatable bonds is 11. The molecule has 5 aromatic carbocycles. The van der Waals surface area contributed by atoms with Crippen LogP contribution < -0.4 is 15.5 Å². The molecule has 0 radical (unpaired) electrons. The van der Waals surface area contributed by atoms with E-state index in [1.807, 2.05) is 109 Å². The Labute approximate surface area is 260 Å². The van der Waals surface area contributed by atoms with Gasteiger partial charge >= 0.3 is 12.0 Å². The van der Waals surface area contributed by atoms with Crippen LogP contribution in [0.25, 0.3) is 0 Å². The molecule has 3 N–H and O–H groups in total. The highest BCUT2D eigenvalue weighted by atomic mass is 32.2. The molecule has 7 nitrogen and oxygen atoms in total. The van der Waals surface area contributed by atoms with E-state index in [1.54, 1.807) is 35.2 Å². The van der Waals surface area contributed by atoms with Crippen LogP contribution in [0.3, 0.4) is 0 Å². The van der Waals surface area contributed by atoms with Crippen molar-refractivity contribution in [3.8, 4) is 0 Å². The number of benzene rings is 5. The average molecular weight is 602 g/mol. The predicted octanol–water partition coefficient (Wildman–Crippen LogP) is 8.29. The topological polar surface area (TPSA) is 98.7 Å². The number of thioether (sulfide) groups is 1. The largest absolute Gasteiger partial charge is 0.481 e. The molecule has 0 aliphatic rings. The zero-order valence-electron chi connectivity index (χ0n) is 23.8. The molecule has 0 saturated carbocycles. The Morgan fingerprint density at radius 3 is 2.02 bits per heavy atom. The summed E-state index contributed by atoms with van der Waals surface area (Å²) in [6.07, 6.45) is -0.0688. The second-order valence-electron chi connectivity index (χ2n) is 9.93.